The molecule has 0 bridgehead atoms. The Morgan fingerprint density at radius 2 is 1.76 bits per heavy atom. The molecule has 0 aliphatic heterocycles. The van der Waals surface area contributed by atoms with Crippen molar-refractivity contribution in [3.63, 3.8) is 0 Å². The summed E-state index contributed by atoms with van der Waals surface area (Å²) in [5, 5.41) is 2.91. The third-order valence-corrected chi connectivity index (χ3v) is 4.51. The molecule has 4 rings (SSSR count). The molecule has 29 heavy (non-hydrogen) atoms. The normalized spacial score (nSPS) is 10.7. The van der Waals surface area contributed by atoms with Gasteiger partial charge < -0.3 is 19.2 Å². The SMILES string of the molecule is COc1ccc(-c2nc3cc(NC(=O)Cc4ccccc4)ccc3o2)cc1OC. The number of hydrogen-bond acceptors (Lipinski definition) is 5. The summed E-state index contributed by atoms with van der Waals surface area (Å²) in [5.74, 6) is 1.62. The average Bonchev–Trinajstić information content (AvgIpc) is 3.17. The smallest absolute Gasteiger partial charge is 0.228 e. The molecule has 0 unspecified atom stereocenters. The topological polar surface area (TPSA) is 73.6 Å². The summed E-state index contributed by atoms with van der Waals surface area (Å²) in [4.78, 5) is 16.8. The van der Waals surface area contributed by atoms with Crippen LogP contribution in [0.3, 0.4) is 0 Å². The van der Waals surface area contributed by atoms with Gasteiger partial charge in [-0.2, -0.15) is 0 Å². The molecule has 1 heterocycles. The van der Waals surface area contributed by atoms with Crippen molar-refractivity contribution in [2.24, 2.45) is 0 Å². The van der Waals surface area contributed by atoms with Gasteiger partial charge in [0.05, 0.1) is 20.6 Å². The van der Waals surface area contributed by atoms with E-state index in [2.05, 4.69) is 10.3 Å². The van der Waals surface area contributed by atoms with E-state index < -0.39 is 0 Å². The van der Waals surface area contributed by atoms with Gasteiger partial charge in [0.1, 0.15) is 5.52 Å². The first-order valence-corrected chi connectivity index (χ1v) is 9.13. The summed E-state index contributed by atoms with van der Waals surface area (Å²) >= 11 is 0. The van der Waals surface area contributed by atoms with Crippen LogP contribution in [0.1, 0.15) is 5.56 Å². The van der Waals surface area contributed by atoms with Gasteiger partial charge in [0.25, 0.3) is 0 Å². The predicted molar refractivity (Wildman–Crippen MR) is 111 cm³/mol. The van der Waals surface area contributed by atoms with Crippen molar-refractivity contribution < 1.29 is 18.7 Å². The Bertz CT molecular complexity index is 1150. The van der Waals surface area contributed by atoms with Crippen LogP contribution in [0.4, 0.5) is 5.69 Å². The Labute approximate surface area is 168 Å². The quantitative estimate of drug-likeness (QED) is 0.519. The highest BCUT2D eigenvalue weighted by molar-refractivity contribution is 5.94. The van der Waals surface area contributed by atoms with Crippen molar-refractivity contribution in [2.45, 2.75) is 6.42 Å². The number of carbonyl (C=O) groups is 1. The van der Waals surface area contributed by atoms with E-state index in [9.17, 15) is 4.79 Å². The molecule has 3 aromatic carbocycles. The molecule has 1 aromatic heterocycles. The molecule has 0 saturated heterocycles. The second kappa shape index (κ2) is 8.06. The van der Waals surface area contributed by atoms with E-state index >= 15 is 0 Å². The molecule has 0 fully saturated rings. The number of hydrogen-bond donors (Lipinski definition) is 1. The van der Waals surface area contributed by atoms with E-state index in [1.807, 2.05) is 42.5 Å². The number of oxazole rings is 1. The second-order valence-electron chi connectivity index (χ2n) is 6.48. The summed E-state index contributed by atoms with van der Waals surface area (Å²) in [6.45, 7) is 0. The van der Waals surface area contributed by atoms with Gasteiger partial charge in [0.2, 0.25) is 11.8 Å². The number of aromatic nitrogens is 1. The number of amides is 1. The molecule has 0 aliphatic carbocycles. The van der Waals surface area contributed by atoms with Gasteiger partial charge in [0, 0.05) is 11.3 Å². The molecule has 6 heteroatoms. The first-order valence-electron chi connectivity index (χ1n) is 9.13. The zero-order chi connectivity index (χ0) is 20.2. The summed E-state index contributed by atoms with van der Waals surface area (Å²) in [5.41, 5.74) is 3.70. The van der Waals surface area contributed by atoms with Crippen molar-refractivity contribution >= 4 is 22.7 Å². The van der Waals surface area contributed by atoms with Crippen molar-refractivity contribution in [1.29, 1.82) is 0 Å². The average molecular weight is 388 g/mol. The molecule has 0 aliphatic rings. The van der Waals surface area contributed by atoms with Crippen LogP contribution in [0.15, 0.2) is 71.1 Å². The largest absolute Gasteiger partial charge is 0.493 e. The number of nitrogens with one attached hydrogen (secondary N) is 1. The summed E-state index contributed by atoms with van der Waals surface area (Å²) < 4.78 is 16.5. The number of carbonyl (C=O) groups excluding carboxylic acids is 1. The van der Waals surface area contributed by atoms with Crippen LogP contribution in [0.5, 0.6) is 11.5 Å². The Balaban J connectivity index is 1.55. The second-order valence-corrected chi connectivity index (χ2v) is 6.48. The van der Waals surface area contributed by atoms with Crippen LogP contribution in [0.2, 0.25) is 0 Å². The van der Waals surface area contributed by atoms with E-state index in [4.69, 9.17) is 13.9 Å². The van der Waals surface area contributed by atoms with Gasteiger partial charge >= 0.3 is 0 Å². The number of nitrogens with zero attached hydrogens (tertiary/aromatic N) is 1. The Morgan fingerprint density at radius 3 is 2.52 bits per heavy atom. The number of benzene rings is 3. The number of ether oxygens (including phenoxy) is 2. The maximum atomic E-state index is 12.3. The van der Waals surface area contributed by atoms with E-state index in [1.54, 1.807) is 38.5 Å². The van der Waals surface area contributed by atoms with Crippen LogP contribution in [0.25, 0.3) is 22.6 Å². The number of fused-ring (bicyclic) bond motifs is 1. The maximum Gasteiger partial charge on any atom is 0.228 e. The molecule has 4 aromatic rings. The molecule has 0 saturated carbocycles. The van der Waals surface area contributed by atoms with Crippen molar-refractivity contribution in [2.75, 3.05) is 19.5 Å². The third-order valence-electron chi connectivity index (χ3n) is 4.51. The number of anilines is 1. The minimum absolute atomic E-state index is 0.0841. The lowest BCUT2D eigenvalue weighted by Crippen LogP contribution is -2.14. The van der Waals surface area contributed by atoms with Crippen molar-refractivity contribution in [1.82, 2.24) is 4.98 Å². The minimum Gasteiger partial charge on any atom is -0.493 e. The van der Waals surface area contributed by atoms with Crippen molar-refractivity contribution in [3.8, 4) is 23.0 Å². The van der Waals surface area contributed by atoms with Gasteiger partial charge in [0.15, 0.2) is 17.1 Å². The number of rotatable bonds is 6. The van der Waals surface area contributed by atoms with Crippen LogP contribution >= 0.6 is 0 Å². The Kier molecular flexibility index (Phi) is 5.16. The van der Waals surface area contributed by atoms with Gasteiger partial charge in [-0.1, -0.05) is 30.3 Å². The molecule has 1 amide bonds. The lowest BCUT2D eigenvalue weighted by Gasteiger charge is -2.07. The zero-order valence-electron chi connectivity index (χ0n) is 16.1. The van der Waals surface area contributed by atoms with Gasteiger partial charge in [-0.05, 0) is 42.0 Å². The maximum absolute atomic E-state index is 12.3. The fraction of sp³-hybridized carbons (Fsp3) is 0.130. The van der Waals surface area contributed by atoms with E-state index in [1.165, 1.54) is 0 Å². The fourth-order valence-electron chi connectivity index (χ4n) is 3.08. The summed E-state index contributed by atoms with van der Waals surface area (Å²) in [6.07, 6.45) is 0.314. The highest BCUT2D eigenvalue weighted by atomic mass is 16.5. The Hall–Kier alpha value is -3.80. The van der Waals surface area contributed by atoms with Crippen LogP contribution in [0, 0.1) is 0 Å². The molecule has 1 N–H and O–H groups in total. The first kappa shape index (κ1) is 18.6. The first-order chi connectivity index (χ1) is 14.2. The monoisotopic (exact) mass is 388 g/mol. The standard InChI is InChI=1S/C23H20N2O4/c1-27-20-10-8-16(13-21(20)28-2)23-25-18-14-17(9-11-19(18)29-23)24-22(26)12-15-6-4-3-5-7-15/h3-11,13-14H,12H2,1-2H3,(H,24,26). The molecule has 0 spiro atoms. The molecular weight excluding hydrogens is 368 g/mol. The molecule has 146 valence electrons. The van der Waals surface area contributed by atoms with E-state index in [-0.39, 0.29) is 5.91 Å². The van der Waals surface area contributed by atoms with Crippen molar-refractivity contribution in [3.05, 3.63) is 72.3 Å². The lowest BCUT2D eigenvalue weighted by atomic mass is 10.1. The van der Waals surface area contributed by atoms with E-state index in [0.29, 0.717) is 40.6 Å². The molecule has 6 nitrogen and oxygen atoms in total. The molecule has 0 atom stereocenters. The highest BCUT2D eigenvalue weighted by Gasteiger charge is 2.13. The Morgan fingerprint density at radius 1 is 0.966 bits per heavy atom. The summed E-state index contributed by atoms with van der Waals surface area (Å²) in [7, 11) is 3.17. The zero-order valence-corrected chi connectivity index (χ0v) is 16.1. The highest BCUT2D eigenvalue weighted by Crippen LogP contribution is 2.33. The van der Waals surface area contributed by atoms with Crippen LogP contribution < -0.4 is 14.8 Å². The third kappa shape index (κ3) is 4.06. The fourth-order valence-corrected chi connectivity index (χ4v) is 3.08. The molecule has 0 radical (unpaired) electrons. The van der Waals surface area contributed by atoms with Gasteiger partial charge in [-0.15, -0.1) is 0 Å². The lowest BCUT2D eigenvalue weighted by molar-refractivity contribution is -0.115. The van der Waals surface area contributed by atoms with Gasteiger partial charge in [-0.3, -0.25) is 4.79 Å². The van der Waals surface area contributed by atoms with Crippen LogP contribution in [-0.4, -0.2) is 25.1 Å². The summed E-state index contributed by atoms with van der Waals surface area (Å²) in [6, 6.07) is 20.5. The van der Waals surface area contributed by atoms with Crippen LogP contribution in [-0.2, 0) is 11.2 Å². The van der Waals surface area contributed by atoms with E-state index in [0.717, 1.165) is 11.1 Å². The predicted octanol–water partition coefficient (Wildman–Crippen LogP) is 4.69. The minimum atomic E-state index is -0.0841. The number of methoxy groups -OCH3 is 2. The molecular formula is C23H20N2O4. The van der Waals surface area contributed by atoms with Gasteiger partial charge in [-0.25, -0.2) is 4.98 Å².